The van der Waals surface area contributed by atoms with E-state index in [9.17, 15) is 4.79 Å². The van der Waals surface area contributed by atoms with Crippen molar-refractivity contribution in [1.29, 1.82) is 0 Å². The Labute approximate surface area is 91.0 Å². The van der Waals surface area contributed by atoms with Crippen molar-refractivity contribution in [2.75, 3.05) is 13.1 Å². The van der Waals surface area contributed by atoms with Crippen LogP contribution >= 0.6 is 0 Å². The van der Waals surface area contributed by atoms with E-state index < -0.39 is 0 Å². The zero-order valence-corrected chi connectivity index (χ0v) is 9.17. The molecule has 4 nitrogen and oxygen atoms in total. The van der Waals surface area contributed by atoms with Crippen molar-refractivity contribution in [2.45, 2.75) is 44.2 Å². The smallest absolute Gasteiger partial charge is 0.221 e. The van der Waals surface area contributed by atoms with Gasteiger partial charge in [-0.15, -0.1) is 0 Å². The molecule has 1 saturated carbocycles. The van der Waals surface area contributed by atoms with E-state index in [4.69, 9.17) is 5.73 Å². The first kappa shape index (κ1) is 10.9. The van der Waals surface area contributed by atoms with Crippen molar-refractivity contribution in [3.05, 3.63) is 0 Å². The maximum atomic E-state index is 11.1. The minimum atomic E-state index is 0.174. The van der Waals surface area contributed by atoms with Gasteiger partial charge in [0.05, 0.1) is 0 Å². The fourth-order valence-electron chi connectivity index (χ4n) is 2.73. The lowest BCUT2D eigenvalue weighted by atomic mass is 9.84. The van der Waals surface area contributed by atoms with Gasteiger partial charge in [-0.2, -0.15) is 0 Å². The predicted molar refractivity (Wildman–Crippen MR) is 59.4 cm³/mol. The molecule has 0 aromatic rings. The maximum absolute atomic E-state index is 11.1. The number of hydrogen-bond donors (Lipinski definition) is 3. The summed E-state index contributed by atoms with van der Waals surface area (Å²) >= 11 is 0. The van der Waals surface area contributed by atoms with Crippen LogP contribution in [0.25, 0.3) is 0 Å². The van der Waals surface area contributed by atoms with Gasteiger partial charge in [0.15, 0.2) is 0 Å². The van der Waals surface area contributed by atoms with Crippen molar-refractivity contribution in [3.8, 4) is 0 Å². The summed E-state index contributed by atoms with van der Waals surface area (Å²) in [7, 11) is 0. The second kappa shape index (κ2) is 4.94. The number of rotatable bonds is 3. The first-order chi connectivity index (χ1) is 7.29. The highest BCUT2D eigenvalue weighted by Gasteiger charge is 2.29. The molecule has 1 heterocycles. The molecule has 1 aliphatic carbocycles. The summed E-state index contributed by atoms with van der Waals surface area (Å²) in [6.45, 7) is 1.55. The highest BCUT2D eigenvalue weighted by Crippen LogP contribution is 2.24. The van der Waals surface area contributed by atoms with Gasteiger partial charge in [-0.3, -0.25) is 4.79 Å². The van der Waals surface area contributed by atoms with Crippen LogP contribution in [0.5, 0.6) is 0 Å². The van der Waals surface area contributed by atoms with Crippen LogP contribution in [-0.4, -0.2) is 31.1 Å². The third kappa shape index (κ3) is 2.69. The average Bonchev–Trinajstić information content (AvgIpc) is 2.65. The summed E-state index contributed by atoms with van der Waals surface area (Å²) in [5.41, 5.74) is 5.77. The normalized spacial score (nSPS) is 36.6. The molecule has 0 aromatic heterocycles. The molecular weight excluding hydrogens is 190 g/mol. The van der Waals surface area contributed by atoms with Crippen LogP contribution in [0.15, 0.2) is 0 Å². The zero-order valence-electron chi connectivity index (χ0n) is 9.17. The number of hydrogen-bond acceptors (Lipinski definition) is 3. The van der Waals surface area contributed by atoms with E-state index >= 15 is 0 Å². The van der Waals surface area contributed by atoms with Gasteiger partial charge >= 0.3 is 0 Å². The molecular formula is C11H21N3O. The van der Waals surface area contributed by atoms with Gasteiger partial charge in [0.25, 0.3) is 0 Å². The summed E-state index contributed by atoms with van der Waals surface area (Å²) in [5.74, 6) is 0.780. The maximum Gasteiger partial charge on any atom is 0.221 e. The van der Waals surface area contributed by atoms with E-state index in [-0.39, 0.29) is 5.91 Å². The number of nitrogens with two attached hydrogens (primary N) is 1. The minimum absolute atomic E-state index is 0.174. The number of nitrogens with one attached hydrogen (secondary N) is 2. The van der Waals surface area contributed by atoms with Crippen molar-refractivity contribution in [3.63, 3.8) is 0 Å². The molecule has 0 spiro atoms. The molecule has 0 radical (unpaired) electrons. The second-order valence-electron chi connectivity index (χ2n) is 4.76. The van der Waals surface area contributed by atoms with Crippen LogP contribution in [-0.2, 0) is 4.79 Å². The van der Waals surface area contributed by atoms with Gasteiger partial charge in [0.1, 0.15) is 0 Å². The van der Waals surface area contributed by atoms with Crippen LogP contribution in [0.1, 0.15) is 32.1 Å². The highest BCUT2D eigenvalue weighted by molar-refractivity contribution is 5.78. The molecule has 2 rings (SSSR count). The first-order valence-electron chi connectivity index (χ1n) is 6.02. The van der Waals surface area contributed by atoms with Gasteiger partial charge in [-0.25, -0.2) is 0 Å². The molecule has 3 unspecified atom stereocenters. The van der Waals surface area contributed by atoms with Crippen molar-refractivity contribution < 1.29 is 4.79 Å². The van der Waals surface area contributed by atoms with E-state index in [0.717, 1.165) is 13.1 Å². The van der Waals surface area contributed by atoms with Crippen molar-refractivity contribution in [1.82, 2.24) is 10.6 Å². The van der Waals surface area contributed by atoms with E-state index in [1.807, 2.05) is 0 Å². The van der Waals surface area contributed by atoms with E-state index in [1.54, 1.807) is 0 Å². The Kier molecular flexibility index (Phi) is 3.59. The van der Waals surface area contributed by atoms with Crippen molar-refractivity contribution >= 4 is 5.91 Å². The zero-order chi connectivity index (χ0) is 10.7. The molecule has 2 fully saturated rings. The molecule has 1 aliphatic heterocycles. The van der Waals surface area contributed by atoms with E-state index in [0.29, 0.717) is 24.4 Å². The standard InChI is InChI=1S/C11H21N3O/c12-6-8-3-1-2-4-10(8)14-9-5-11(15)13-7-9/h8-10,14H,1-7,12H2,(H,13,15). The molecule has 15 heavy (non-hydrogen) atoms. The van der Waals surface area contributed by atoms with Gasteiger partial charge < -0.3 is 16.4 Å². The molecule has 1 saturated heterocycles. The number of carbonyl (C=O) groups excluding carboxylic acids is 1. The molecule has 0 aromatic carbocycles. The molecule has 4 heteroatoms. The number of amides is 1. The molecule has 86 valence electrons. The van der Waals surface area contributed by atoms with Crippen LogP contribution in [0, 0.1) is 5.92 Å². The van der Waals surface area contributed by atoms with E-state index in [2.05, 4.69) is 10.6 Å². The lowest BCUT2D eigenvalue weighted by Gasteiger charge is -2.33. The topological polar surface area (TPSA) is 67.2 Å². The molecule has 1 amide bonds. The van der Waals surface area contributed by atoms with Gasteiger partial charge in [-0.05, 0) is 25.3 Å². The average molecular weight is 211 g/mol. The predicted octanol–water partition coefficient (Wildman–Crippen LogP) is -0.0180. The van der Waals surface area contributed by atoms with Crippen molar-refractivity contribution in [2.24, 2.45) is 11.7 Å². The molecule has 3 atom stereocenters. The van der Waals surface area contributed by atoms with Crippen LogP contribution in [0.3, 0.4) is 0 Å². The summed E-state index contributed by atoms with van der Waals surface area (Å²) in [4.78, 5) is 11.1. The third-order valence-electron chi connectivity index (χ3n) is 3.64. The quantitative estimate of drug-likeness (QED) is 0.614. The Hall–Kier alpha value is -0.610. The third-order valence-corrected chi connectivity index (χ3v) is 3.64. The highest BCUT2D eigenvalue weighted by atomic mass is 16.1. The molecule has 0 bridgehead atoms. The minimum Gasteiger partial charge on any atom is -0.354 e. The summed E-state index contributed by atoms with van der Waals surface area (Å²) in [6.07, 6.45) is 5.69. The Morgan fingerprint density at radius 3 is 2.87 bits per heavy atom. The van der Waals surface area contributed by atoms with E-state index in [1.165, 1.54) is 25.7 Å². The first-order valence-corrected chi connectivity index (χ1v) is 6.02. The molecule has 2 aliphatic rings. The lowest BCUT2D eigenvalue weighted by molar-refractivity contribution is -0.119. The van der Waals surface area contributed by atoms with Gasteiger partial charge in [-0.1, -0.05) is 12.8 Å². The van der Waals surface area contributed by atoms with Gasteiger partial charge in [0, 0.05) is 25.0 Å². The Morgan fingerprint density at radius 1 is 1.40 bits per heavy atom. The summed E-state index contributed by atoms with van der Waals surface area (Å²) in [6, 6.07) is 0.857. The fraction of sp³-hybridized carbons (Fsp3) is 0.909. The summed E-state index contributed by atoms with van der Waals surface area (Å²) < 4.78 is 0. The van der Waals surface area contributed by atoms with Crippen LogP contribution in [0.2, 0.25) is 0 Å². The Balaban J connectivity index is 1.83. The number of carbonyl (C=O) groups is 1. The lowest BCUT2D eigenvalue weighted by Crippen LogP contribution is -2.47. The van der Waals surface area contributed by atoms with Crippen LogP contribution in [0.4, 0.5) is 0 Å². The largest absolute Gasteiger partial charge is 0.354 e. The SMILES string of the molecule is NCC1CCCCC1NC1CNC(=O)C1. The monoisotopic (exact) mass is 211 g/mol. The van der Waals surface area contributed by atoms with Crippen LogP contribution < -0.4 is 16.4 Å². The summed E-state index contributed by atoms with van der Waals surface area (Å²) in [5, 5.41) is 6.45. The molecule has 4 N–H and O–H groups in total. The second-order valence-corrected chi connectivity index (χ2v) is 4.76. The fourth-order valence-corrected chi connectivity index (χ4v) is 2.73. The Bertz CT molecular complexity index is 232. The van der Waals surface area contributed by atoms with Gasteiger partial charge in [0.2, 0.25) is 5.91 Å². The Morgan fingerprint density at radius 2 is 2.20 bits per heavy atom.